The second kappa shape index (κ2) is 6.78. The Morgan fingerprint density at radius 3 is 2.52 bits per heavy atom. The van der Waals surface area contributed by atoms with E-state index in [0.717, 1.165) is 4.47 Å². The highest BCUT2D eigenvalue weighted by Crippen LogP contribution is 2.36. The van der Waals surface area contributed by atoms with Gasteiger partial charge in [0.2, 0.25) is 0 Å². The van der Waals surface area contributed by atoms with Gasteiger partial charge in [0.25, 0.3) is 5.91 Å². The summed E-state index contributed by atoms with van der Waals surface area (Å²) in [6.07, 6.45) is 1.55. The largest absolute Gasteiger partial charge is 0.495 e. The lowest BCUT2D eigenvalue weighted by molar-refractivity contribution is 0.102. The first-order chi connectivity index (χ1) is 10.0. The number of amides is 1. The first-order valence-corrected chi connectivity index (χ1v) is 7.06. The van der Waals surface area contributed by atoms with Crippen LogP contribution in [0.1, 0.15) is 10.5 Å². The zero-order valence-electron chi connectivity index (χ0n) is 11.3. The molecular weight excluding hydrogens is 360 g/mol. The zero-order valence-corrected chi connectivity index (χ0v) is 13.7. The average Bonchev–Trinajstić information content (AvgIpc) is 2.48. The number of hydrogen-bond acceptors (Lipinski definition) is 4. The van der Waals surface area contributed by atoms with E-state index in [1.807, 2.05) is 0 Å². The zero-order chi connectivity index (χ0) is 15.4. The first-order valence-electron chi connectivity index (χ1n) is 5.89. The molecule has 1 heterocycles. The minimum Gasteiger partial charge on any atom is -0.495 e. The number of nitrogens with one attached hydrogen (secondary N) is 1. The van der Waals surface area contributed by atoms with Crippen molar-refractivity contribution in [2.75, 3.05) is 19.5 Å². The van der Waals surface area contributed by atoms with Crippen LogP contribution in [0.25, 0.3) is 0 Å². The summed E-state index contributed by atoms with van der Waals surface area (Å²) in [5, 5.41) is 3.08. The Hall–Kier alpha value is -1.79. The molecule has 0 aliphatic carbocycles. The average molecular weight is 372 g/mol. The van der Waals surface area contributed by atoms with E-state index in [4.69, 9.17) is 21.1 Å². The lowest BCUT2D eigenvalue weighted by Gasteiger charge is -2.12. The topological polar surface area (TPSA) is 60.5 Å². The van der Waals surface area contributed by atoms with E-state index in [2.05, 4.69) is 26.2 Å². The van der Waals surface area contributed by atoms with Gasteiger partial charge < -0.3 is 14.8 Å². The first kappa shape index (κ1) is 15.6. The molecule has 0 fully saturated rings. The Bertz CT molecular complexity index is 662. The molecule has 21 heavy (non-hydrogen) atoms. The highest BCUT2D eigenvalue weighted by atomic mass is 79.9. The number of ether oxygens (including phenoxy) is 2. The summed E-state index contributed by atoms with van der Waals surface area (Å²) in [6, 6.07) is 6.51. The fourth-order valence-corrected chi connectivity index (χ4v) is 2.13. The van der Waals surface area contributed by atoms with Crippen molar-refractivity contribution in [3.05, 3.63) is 45.7 Å². The monoisotopic (exact) mass is 370 g/mol. The Balaban J connectivity index is 2.28. The predicted octanol–water partition coefficient (Wildman–Crippen LogP) is 3.77. The van der Waals surface area contributed by atoms with Crippen molar-refractivity contribution in [2.45, 2.75) is 0 Å². The van der Waals surface area contributed by atoms with E-state index >= 15 is 0 Å². The van der Waals surface area contributed by atoms with Crippen molar-refractivity contribution in [3.8, 4) is 11.5 Å². The highest BCUT2D eigenvalue weighted by molar-refractivity contribution is 9.10. The number of rotatable bonds is 4. The van der Waals surface area contributed by atoms with Crippen LogP contribution in [-0.2, 0) is 0 Å². The summed E-state index contributed by atoms with van der Waals surface area (Å²) >= 11 is 9.32. The number of pyridine rings is 1. The van der Waals surface area contributed by atoms with E-state index in [9.17, 15) is 4.79 Å². The molecule has 0 radical (unpaired) electrons. The number of halogens is 2. The van der Waals surface area contributed by atoms with Crippen LogP contribution >= 0.6 is 27.5 Å². The van der Waals surface area contributed by atoms with Gasteiger partial charge in [0.1, 0.15) is 17.2 Å². The van der Waals surface area contributed by atoms with E-state index in [-0.39, 0.29) is 11.6 Å². The van der Waals surface area contributed by atoms with E-state index in [1.165, 1.54) is 14.2 Å². The summed E-state index contributed by atoms with van der Waals surface area (Å²) in [6.45, 7) is 0. The molecule has 0 atom stereocenters. The SMILES string of the molecule is COc1cc(OC)c(NC(=O)c2ccc(Br)cn2)cc1Cl. The third kappa shape index (κ3) is 3.65. The number of carbonyl (C=O) groups is 1. The lowest BCUT2D eigenvalue weighted by Crippen LogP contribution is -2.14. The van der Waals surface area contributed by atoms with Crippen molar-refractivity contribution < 1.29 is 14.3 Å². The van der Waals surface area contributed by atoms with Gasteiger partial charge in [-0.1, -0.05) is 11.6 Å². The molecule has 7 heteroatoms. The molecule has 2 rings (SSSR count). The molecule has 1 N–H and O–H groups in total. The molecule has 0 unspecified atom stereocenters. The normalized spacial score (nSPS) is 10.1. The van der Waals surface area contributed by atoms with E-state index < -0.39 is 0 Å². The van der Waals surface area contributed by atoms with Crippen molar-refractivity contribution in [1.29, 1.82) is 0 Å². The smallest absolute Gasteiger partial charge is 0.274 e. The van der Waals surface area contributed by atoms with Gasteiger partial charge in [0, 0.05) is 16.7 Å². The lowest BCUT2D eigenvalue weighted by atomic mass is 10.2. The molecule has 110 valence electrons. The highest BCUT2D eigenvalue weighted by Gasteiger charge is 2.14. The minimum atomic E-state index is -0.359. The van der Waals surface area contributed by atoms with Crippen molar-refractivity contribution >= 4 is 39.1 Å². The summed E-state index contributed by atoms with van der Waals surface area (Å²) < 4.78 is 11.1. The van der Waals surface area contributed by atoms with Crippen molar-refractivity contribution in [1.82, 2.24) is 4.98 Å². The maximum atomic E-state index is 12.1. The van der Waals surface area contributed by atoms with Gasteiger partial charge in [0.15, 0.2) is 0 Å². The number of benzene rings is 1. The Morgan fingerprint density at radius 2 is 1.95 bits per heavy atom. The van der Waals surface area contributed by atoms with Crippen LogP contribution in [0.5, 0.6) is 11.5 Å². The maximum Gasteiger partial charge on any atom is 0.274 e. The Morgan fingerprint density at radius 1 is 1.24 bits per heavy atom. The number of methoxy groups -OCH3 is 2. The van der Waals surface area contributed by atoms with Crippen LogP contribution in [0, 0.1) is 0 Å². The maximum absolute atomic E-state index is 12.1. The number of carbonyl (C=O) groups excluding carboxylic acids is 1. The third-order valence-electron chi connectivity index (χ3n) is 2.68. The summed E-state index contributed by atoms with van der Waals surface area (Å²) in [4.78, 5) is 16.2. The Labute approximate surface area is 135 Å². The summed E-state index contributed by atoms with van der Waals surface area (Å²) in [7, 11) is 3.00. The molecule has 2 aromatic rings. The van der Waals surface area contributed by atoms with Crippen LogP contribution < -0.4 is 14.8 Å². The molecule has 0 aliphatic heterocycles. The van der Waals surface area contributed by atoms with Crippen LogP contribution in [-0.4, -0.2) is 25.1 Å². The van der Waals surface area contributed by atoms with Crippen LogP contribution in [0.3, 0.4) is 0 Å². The molecular formula is C14H12BrClN2O3. The fraction of sp³-hybridized carbons (Fsp3) is 0.143. The van der Waals surface area contributed by atoms with Crippen LogP contribution in [0.15, 0.2) is 34.9 Å². The standard InChI is InChI=1S/C14H12BrClN2O3/c1-20-12-6-13(21-2)11(5-9(12)16)18-14(19)10-4-3-8(15)7-17-10/h3-7H,1-2H3,(H,18,19). The van der Waals surface area contributed by atoms with Crippen molar-refractivity contribution in [2.24, 2.45) is 0 Å². The molecule has 0 spiro atoms. The number of nitrogens with zero attached hydrogens (tertiary/aromatic N) is 1. The van der Waals surface area contributed by atoms with Crippen LogP contribution in [0.2, 0.25) is 5.02 Å². The van der Waals surface area contributed by atoms with Gasteiger partial charge in [-0.05, 0) is 34.1 Å². The second-order valence-electron chi connectivity index (χ2n) is 4.00. The third-order valence-corrected chi connectivity index (χ3v) is 3.45. The second-order valence-corrected chi connectivity index (χ2v) is 5.33. The Kier molecular flexibility index (Phi) is 5.03. The summed E-state index contributed by atoms with van der Waals surface area (Å²) in [5.74, 6) is 0.553. The summed E-state index contributed by atoms with van der Waals surface area (Å²) in [5.41, 5.74) is 0.727. The van der Waals surface area contributed by atoms with Gasteiger partial charge in [0.05, 0.1) is 24.9 Å². The van der Waals surface area contributed by atoms with Gasteiger partial charge in [-0.15, -0.1) is 0 Å². The van der Waals surface area contributed by atoms with Gasteiger partial charge >= 0.3 is 0 Å². The van der Waals surface area contributed by atoms with Gasteiger partial charge in [-0.2, -0.15) is 0 Å². The number of hydrogen-bond donors (Lipinski definition) is 1. The quantitative estimate of drug-likeness (QED) is 0.889. The molecule has 0 saturated heterocycles. The van der Waals surface area contributed by atoms with Gasteiger partial charge in [-0.25, -0.2) is 4.98 Å². The minimum absolute atomic E-state index is 0.284. The molecule has 0 saturated carbocycles. The number of anilines is 1. The molecule has 1 amide bonds. The number of aromatic nitrogens is 1. The molecule has 0 aliphatic rings. The predicted molar refractivity (Wildman–Crippen MR) is 84.4 cm³/mol. The molecule has 0 bridgehead atoms. The fourth-order valence-electron chi connectivity index (χ4n) is 1.65. The van der Waals surface area contributed by atoms with Crippen LogP contribution in [0.4, 0.5) is 5.69 Å². The molecule has 5 nitrogen and oxygen atoms in total. The molecule has 1 aromatic carbocycles. The van der Waals surface area contributed by atoms with E-state index in [0.29, 0.717) is 22.2 Å². The van der Waals surface area contributed by atoms with E-state index in [1.54, 1.807) is 30.5 Å². The van der Waals surface area contributed by atoms with Gasteiger partial charge in [-0.3, -0.25) is 4.79 Å². The molecule has 1 aromatic heterocycles. The van der Waals surface area contributed by atoms with Crippen molar-refractivity contribution in [3.63, 3.8) is 0 Å².